The minimum atomic E-state index is -0.631. The quantitative estimate of drug-likeness (QED) is 0.514. The lowest BCUT2D eigenvalue weighted by molar-refractivity contribution is -0.397. The molecule has 0 radical (unpaired) electrons. The monoisotopic (exact) mass is 398 g/mol. The molecule has 5 nitrogen and oxygen atoms in total. The van der Waals surface area contributed by atoms with Crippen molar-refractivity contribution in [1.29, 1.82) is 0 Å². The third-order valence-corrected chi connectivity index (χ3v) is 8.15. The van der Waals surface area contributed by atoms with Gasteiger partial charge < -0.3 is 9.47 Å². The molecule has 1 aromatic carbocycles. The molecule has 5 saturated carbocycles. The Morgan fingerprint density at radius 3 is 2.34 bits per heavy atom. The van der Waals surface area contributed by atoms with Crippen LogP contribution in [-0.4, -0.2) is 23.1 Å². The molecule has 1 aromatic rings. The largest absolute Gasteiger partial charge is 0.455 e. The van der Waals surface area contributed by atoms with Crippen LogP contribution in [0.1, 0.15) is 80.1 Å². The van der Waals surface area contributed by atoms with Crippen LogP contribution in [0, 0.1) is 24.7 Å². The van der Waals surface area contributed by atoms with Crippen LogP contribution in [0.3, 0.4) is 0 Å². The normalized spacial score (nSPS) is 41.9. The number of carbonyl (C=O) groups is 1. The van der Waals surface area contributed by atoms with Gasteiger partial charge in [-0.25, -0.2) is 4.79 Å². The molecule has 156 valence electrons. The van der Waals surface area contributed by atoms with Gasteiger partial charge in [-0.3, -0.25) is 0 Å². The van der Waals surface area contributed by atoms with Crippen LogP contribution in [0.5, 0.6) is 0 Å². The molecule has 6 aliphatic rings. The lowest BCUT2D eigenvalue weighted by Crippen LogP contribution is -2.65. The van der Waals surface area contributed by atoms with Crippen molar-refractivity contribution in [2.24, 2.45) is 17.8 Å². The van der Waals surface area contributed by atoms with E-state index in [9.17, 15) is 4.79 Å². The molecule has 29 heavy (non-hydrogen) atoms. The van der Waals surface area contributed by atoms with E-state index in [0.717, 1.165) is 63.4 Å². The summed E-state index contributed by atoms with van der Waals surface area (Å²) in [6.07, 6.45) is 10.1. The molecule has 2 atom stereocenters. The highest BCUT2D eigenvalue weighted by atomic mass is 17.3. The first-order valence-corrected chi connectivity index (χ1v) is 11.4. The Labute approximate surface area is 172 Å². The van der Waals surface area contributed by atoms with Crippen LogP contribution in [0.4, 0.5) is 0 Å². The molecule has 1 heterocycles. The van der Waals surface area contributed by atoms with Gasteiger partial charge in [0.15, 0.2) is 0 Å². The van der Waals surface area contributed by atoms with E-state index in [1.165, 1.54) is 6.42 Å². The Morgan fingerprint density at radius 2 is 1.66 bits per heavy atom. The van der Waals surface area contributed by atoms with E-state index in [1.807, 2.05) is 31.2 Å². The summed E-state index contributed by atoms with van der Waals surface area (Å²) in [5, 5.41) is 0. The minimum absolute atomic E-state index is 0.200. The number of hydrogen-bond donors (Lipinski definition) is 0. The molecular weight excluding hydrogens is 368 g/mol. The lowest BCUT2D eigenvalue weighted by Gasteiger charge is -2.61. The Morgan fingerprint density at radius 1 is 0.966 bits per heavy atom. The van der Waals surface area contributed by atoms with Gasteiger partial charge in [0.25, 0.3) is 0 Å². The SMILES string of the molecule is Cc1ccc(C(=O)OC23CC4CC(C2)C2(OOC5(CCCCC5)O2)C(C4)C3)cc1. The minimum Gasteiger partial charge on any atom is -0.455 e. The lowest BCUT2D eigenvalue weighted by atomic mass is 9.51. The number of ether oxygens (including phenoxy) is 2. The van der Waals surface area contributed by atoms with E-state index in [-0.39, 0.29) is 23.4 Å². The summed E-state index contributed by atoms with van der Waals surface area (Å²) in [4.78, 5) is 24.9. The van der Waals surface area contributed by atoms with Gasteiger partial charge in [-0.1, -0.05) is 24.1 Å². The molecule has 2 spiro atoms. The van der Waals surface area contributed by atoms with Gasteiger partial charge in [0.2, 0.25) is 11.6 Å². The Kier molecular flexibility index (Phi) is 3.98. The molecule has 0 amide bonds. The first-order chi connectivity index (χ1) is 14.0. The number of aryl methyl sites for hydroxylation is 1. The first-order valence-electron chi connectivity index (χ1n) is 11.4. The molecule has 1 saturated heterocycles. The molecule has 2 unspecified atom stereocenters. The van der Waals surface area contributed by atoms with Crippen LogP contribution in [-0.2, 0) is 19.2 Å². The summed E-state index contributed by atoms with van der Waals surface area (Å²) in [7, 11) is 0. The van der Waals surface area contributed by atoms with Crippen LogP contribution in [0.2, 0.25) is 0 Å². The summed E-state index contributed by atoms with van der Waals surface area (Å²) in [6, 6.07) is 7.66. The zero-order valence-electron chi connectivity index (χ0n) is 17.2. The van der Waals surface area contributed by atoms with Crippen LogP contribution >= 0.6 is 0 Å². The average Bonchev–Trinajstić information content (AvgIpc) is 3.06. The third kappa shape index (κ3) is 2.81. The molecule has 5 heteroatoms. The van der Waals surface area contributed by atoms with E-state index in [2.05, 4.69) is 0 Å². The topological polar surface area (TPSA) is 54.0 Å². The Hall–Kier alpha value is -1.43. The highest BCUT2D eigenvalue weighted by Gasteiger charge is 2.70. The number of rotatable bonds is 2. The fourth-order valence-electron chi connectivity index (χ4n) is 6.97. The van der Waals surface area contributed by atoms with Crippen molar-refractivity contribution in [3.63, 3.8) is 0 Å². The van der Waals surface area contributed by atoms with Crippen molar-refractivity contribution >= 4 is 5.97 Å². The molecule has 6 fully saturated rings. The molecule has 0 aromatic heterocycles. The molecular formula is C24H30O5. The first kappa shape index (κ1) is 18.3. The summed E-state index contributed by atoms with van der Waals surface area (Å²) in [5.41, 5.74) is 1.41. The van der Waals surface area contributed by atoms with Gasteiger partial charge in [-0.2, -0.15) is 9.78 Å². The summed E-state index contributed by atoms with van der Waals surface area (Å²) in [5.74, 6) is -0.317. The van der Waals surface area contributed by atoms with Crippen molar-refractivity contribution in [3.8, 4) is 0 Å². The second-order valence-corrected chi connectivity index (χ2v) is 10.2. The molecule has 0 N–H and O–H groups in total. The smallest absolute Gasteiger partial charge is 0.338 e. The van der Waals surface area contributed by atoms with E-state index < -0.39 is 11.6 Å². The predicted octanol–water partition coefficient (Wildman–Crippen LogP) is 5.07. The van der Waals surface area contributed by atoms with Crippen LogP contribution < -0.4 is 0 Å². The van der Waals surface area contributed by atoms with Crippen LogP contribution in [0.15, 0.2) is 24.3 Å². The van der Waals surface area contributed by atoms with Crippen molar-refractivity contribution < 1.29 is 24.0 Å². The van der Waals surface area contributed by atoms with E-state index in [4.69, 9.17) is 19.2 Å². The van der Waals surface area contributed by atoms with Crippen molar-refractivity contribution in [1.82, 2.24) is 0 Å². The zero-order valence-corrected chi connectivity index (χ0v) is 17.2. The number of benzene rings is 1. The number of esters is 1. The highest BCUT2D eigenvalue weighted by Crippen LogP contribution is 2.65. The fourth-order valence-corrected chi connectivity index (χ4v) is 6.97. The number of hydrogen-bond acceptors (Lipinski definition) is 5. The van der Waals surface area contributed by atoms with Crippen molar-refractivity contribution in [2.75, 3.05) is 0 Å². The van der Waals surface area contributed by atoms with Gasteiger partial charge in [-0.05, 0) is 69.9 Å². The van der Waals surface area contributed by atoms with Crippen LogP contribution in [0.25, 0.3) is 0 Å². The van der Waals surface area contributed by atoms with Gasteiger partial charge in [0, 0.05) is 24.7 Å². The second kappa shape index (κ2) is 6.29. The summed E-state index contributed by atoms with van der Waals surface area (Å²) < 4.78 is 12.9. The van der Waals surface area contributed by atoms with Crippen molar-refractivity contribution in [3.05, 3.63) is 35.4 Å². The standard InChI is InChI=1S/C24H30O5/c1-16-5-7-18(8-6-16)21(25)26-22-13-17-11-19(14-22)24(20(12-17)15-22)27-23(28-29-24)9-3-2-4-10-23/h5-8,17,19-20H,2-4,9-15H2,1H3. The maximum absolute atomic E-state index is 12.9. The van der Waals surface area contributed by atoms with Gasteiger partial charge in [-0.15, -0.1) is 0 Å². The number of carbonyl (C=O) groups excluding carboxylic acids is 1. The van der Waals surface area contributed by atoms with E-state index in [1.54, 1.807) is 0 Å². The summed E-state index contributed by atoms with van der Waals surface area (Å²) >= 11 is 0. The molecule has 5 aliphatic carbocycles. The third-order valence-electron chi connectivity index (χ3n) is 8.15. The van der Waals surface area contributed by atoms with Crippen molar-refractivity contribution in [2.45, 2.75) is 88.3 Å². The highest BCUT2D eigenvalue weighted by molar-refractivity contribution is 5.89. The molecule has 1 aliphatic heterocycles. The van der Waals surface area contributed by atoms with E-state index >= 15 is 0 Å². The van der Waals surface area contributed by atoms with Gasteiger partial charge in [0.1, 0.15) is 5.60 Å². The maximum atomic E-state index is 12.9. The Balaban J connectivity index is 1.23. The maximum Gasteiger partial charge on any atom is 0.338 e. The zero-order chi connectivity index (χ0) is 19.7. The molecule has 7 rings (SSSR count). The second-order valence-electron chi connectivity index (χ2n) is 10.2. The summed E-state index contributed by atoms with van der Waals surface area (Å²) in [6.45, 7) is 2.02. The average molecular weight is 398 g/mol. The van der Waals surface area contributed by atoms with E-state index in [0.29, 0.717) is 11.5 Å². The van der Waals surface area contributed by atoms with Gasteiger partial charge >= 0.3 is 5.97 Å². The fraction of sp³-hybridized carbons (Fsp3) is 0.708. The molecule has 4 bridgehead atoms. The van der Waals surface area contributed by atoms with Gasteiger partial charge in [0.05, 0.1) is 5.56 Å². The predicted molar refractivity (Wildman–Crippen MR) is 105 cm³/mol. The Bertz CT molecular complexity index is 793.